The summed E-state index contributed by atoms with van der Waals surface area (Å²) in [6, 6.07) is 5.85. The molecule has 3 rings (SSSR count). The largest absolute Gasteiger partial charge is 0.497 e. The molecule has 0 atom stereocenters. The minimum absolute atomic E-state index is 0.212. The van der Waals surface area contributed by atoms with Crippen LogP contribution in [0.15, 0.2) is 23.0 Å². The fourth-order valence-electron chi connectivity index (χ4n) is 1.97. The van der Waals surface area contributed by atoms with Crippen molar-refractivity contribution in [3.05, 3.63) is 45.6 Å². The van der Waals surface area contributed by atoms with E-state index in [9.17, 15) is 4.79 Å². The predicted molar refractivity (Wildman–Crippen MR) is 63.9 cm³/mol. The van der Waals surface area contributed by atoms with Gasteiger partial charge in [-0.3, -0.25) is 4.57 Å². The van der Waals surface area contributed by atoms with Gasteiger partial charge in [0.25, 0.3) is 0 Å². The van der Waals surface area contributed by atoms with Gasteiger partial charge in [-0.05, 0) is 29.3 Å². The third kappa shape index (κ3) is 1.56. The van der Waals surface area contributed by atoms with E-state index in [1.807, 2.05) is 24.3 Å². The number of H-pyrrole nitrogens is 1. The van der Waals surface area contributed by atoms with Crippen molar-refractivity contribution in [2.75, 3.05) is 7.11 Å². The zero-order valence-corrected chi connectivity index (χ0v) is 9.30. The Morgan fingerprint density at radius 3 is 3.18 bits per heavy atom. The Labute approximate surface area is 97.4 Å². The zero-order chi connectivity index (χ0) is 11.8. The second-order valence-electron chi connectivity index (χ2n) is 3.87. The Kier molecular flexibility index (Phi) is 2.11. The van der Waals surface area contributed by atoms with Crippen molar-refractivity contribution in [1.82, 2.24) is 14.8 Å². The Morgan fingerprint density at radius 2 is 2.35 bits per heavy atom. The van der Waals surface area contributed by atoms with E-state index in [-0.39, 0.29) is 5.69 Å². The topological polar surface area (TPSA) is 59.9 Å². The summed E-state index contributed by atoms with van der Waals surface area (Å²) in [4.78, 5) is 11.5. The van der Waals surface area contributed by atoms with Gasteiger partial charge >= 0.3 is 5.69 Å². The van der Waals surface area contributed by atoms with Gasteiger partial charge in [0.1, 0.15) is 11.6 Å². The van der Waals surface area contributed by atoms with E-state index in [1.165, 1.54) is 4.57 Å². The number of nitrogens with one attached hydrogen (secondary N) is 1. The maximum Gasteiger partial charge on any atom is 0.347 e. The van der Waals surface area contributed by atoms with Crippen LogP contribution >= 0.6 is 0 Å². The van der Waals surface area contributed by atoms with Crippen LogP contribution in [0.4, 0.5) is 0 Å². The molecule has 1 aromatic heterocycles. The normalized spacial score (nSPS) is 12.8. The minimum atomic E-state index is -0.212. The van der Waals surface area contributed by atoms with Crippen LogP contribution in [0.25, 0.3) is 12.3 Å². The summed E-state index contributed by atoms with van der Waals surface area (Å²) in [5.74, 6) is 1.52. The van der Waals surface area contributed by atoms with E-state index in [0.717, 1.165) is 16.9 Å². The van der Waals surface area contributed by atoms with Gasteiger partial charge in [-0.2, -0.15) is 5.10 Å². The third-order valence-corrected chi connectivity index (χ3v) is 2.88. The van der Waals surface area contributed by atoms with Crippen LogP contribution in [0.5, 0.6) is 5.75 Å². The van der Waals surface area contributed by atoms with Crippen molar-refractivity contribution in [3.8, 4) is 5.75 Å². The molecule has 0 radical (unpaired) electrons. The maximum atomic E-state index is 11.5. The van der Waals surface area contributed by atoms with Crippen LogP contribution in [0.3, 0.4) is 0 Å². The Balaban J connectivity index is 2.16. The van der Waals surface area contributed by atoms with Gasteiger partial charge in [-0.15, -0.1) is 0 Å². The average Bonchev–Trinajstić information content (AvgIpc) is 2.60. The number of ether oxygens (including phenoxy) is 1. The van der Waals surface area contributed by atoms with Crippen LogP contribution in [0, 0.1) is 0 Å². The highest BCUT2D eigenvalue weighted by molar-refractivity contribution is 5.66. The molecule has 1 aliphatic rings. The van der Waals surface area contributed by atoms with Gasteiger partial charge < -0.3 is 4.74 Å². The number of hydrogen-bond donors (Lipinski definition) is 1. The molecule has 0 saturated carbocycles. The van der Waals surface area contributed by atoms with E-state index in [0.29, 0.717) is 12.2 Å². The second-order valence-corrected chi connectivity index (χ2v) is 3.87. The van der Waals surface area contributed by atoms with Crippen LogP contribution in [-0.2, 0) is 6.42 Å². The number of hydrogen-bond acceptors (Lipinski definition) is 3. The Morgan fingerprint density at radius 1 is 1.47 bits per heavy atom. The van der Waals surface area contributed by atoms with E-state index >= 15 is 0 Å². The number of nitrogens with zero attached hydrogens (tertiary/aromatic N) is 2. The lowest BCUT2D eigenvalue weighted by Crippen LogP contribution is -2.12. The lowest BCUT2D eigenvalue weighted by molar-refractivity contribution is 0.414. The predicted octanol–water partition coefficient (Wildman–Crippen LogP) is 1.11. The molecule has 2 aromatic rings. The zero-order valence-electron chi connectivity index (χ0n) is 9.30. The molecule has 0 fully saturated rings. The highest BCUT2D eigenvalue weighted by Crippen LogP contribution is 2.23. The van der Waals surface area contributed by atoms with Gasteiger partial charge in [0.15, 0.2) is 0 Å². The molecule has 17 heavy (non-hydrogen) atoms. The van der Waals surface area contributed by atoms with Gasteiger partial charge in [0.2, 0.25) is 0 Å². The first-order chi connectivity index (χ1) is 8.28. The first-order valence-corrected chi connectivity index (χ1v) is 5.29. The lowest BCUT2D eigenvalue weighted by atomic mass is 10.0. The molecule has 1 N–H and O–H groups in total. The van der Waals surface area contributed by atoms with Crippen LogP contribution < -0.4 is 10.4 Å². The average molecular weight is 229 g/mol. The van der Waals surface area contributed by atoms with E-state index < -0.39 is 0 Å². The summed E-state index contributed by atoms with van der Waals surface area (Å²) in [5, 5.41) is 6.45. The fraction of sp³-hybridized carbons (Fsp3) is 0.167. The molecule has 0 bridgehead atoms. The van der Waals surface area contributed by atoms with Crippen LogP contribution in [-0.4, -0.2) is 21.9 Å². The summed E-state index contributed by atoms with van der Waals surface area (Å²) in [5.41, 5.74) is 1.96. The van der Waals surface area contributed by atoms with Crippen molar-refractivity contribution in [1.29, 1.82) is 0 Å². The molecule has 5 heteroatoms. The highest BCUT2D eigenvalue weighted by Gasteiger charge is 2.13. The minimum Gasteiger partial charge on any atom is -0.497 e. The quantitative estimate of drug-likeness (QED) is 0.680. The molecule has 5 nitrogen and oxygen atoms in total. The molecule has 2 heterocycles. The van der Waals surface area contributed by atoms with E-state index in [1.54, 1.807) is 13.3 Å². The van der Waals surface area contributed by atoms with Crippen molar-refractivity contribution in [3.63, 3.8) is 0 Å². The SMILES string of the molecule is COc1ccc2c(c1)Cc1n[nH]c(=O)n1C=C2. The van der Waals surface area contributed by atoms with Gasteiger partial charge in [0.05, 0.1) is 7.11 Å². The molecule has 1 aromatic carbocycles. The summed E-state index contributed by atoms with van der Waals surface area (Å²) >= 11 is 0. The number of rotatable bonds is 1. The Hall–Kier alpha value is -2.30. The van der Waals surface area contributed by atoms with Gasteiger partial charge in [-0.25, -0.2) is 9.89 Å². The Bertz CT molecular complexity index is 652. The van der Waals surface area contributed by atoms with Crippen molar-refractivity contribution in [2.24, 2.45) is 0 Å². The van der Waals surface area contributed by atoms with Gasteiger partial charge in [0, 0.05) is 12.6 Å². The maximum absolute atomic E-state index is 11.5. The number of methoxy groups -OCH3 is 1. The van der Waals surface area contributed by atoms with Crippen molar-refractivity contribution < 1.29 is 4.74 Å². The number of benzene rings is 1. The summed E-state index contributed by atoms with van der Waals surface area (Å²) in [6.07, 6.45) is 4.25. The molecule has 0 spiro atoms. The fourth-order valence-corrected chi connectivity index (χ4v) is 1.97. The van der Waals surface area contributed by atoms with Gasteiger partial charge in [-0.1, -0.05) is 6.07 Å². The van der Waals surface area contributed by atoms with Crippen molar-refractivity contribution >= 4 is 12.3 Å². The summed E-state index contributed by atoms with van der Waals surface area (Å²) < 4.78 is 6.71. The molecular formula is C12H11N3O2. The number of fused-ring (bicyclic) bond motifs is 2. The van der Waals surface area contributed by atoms with Crippen LogP contribution in [0.1, 0.15) is 17.0 Å². The first-order valence-electron chi connectivity index (χ1n) is 5.29. The lowest BCUT2D eigenvalue weighted by Gasteiger charge is -2.05. The smallest absolute Gasteiger partial charge is 0.347 e. The highest BCUT2D eigenvalue weighted by atomic mass is 16.5. The molecule has 86 valence electrons. The molecule has 0 amide bonds. The molecular weight excluding hydrogens is 218 g/mol. The summed E-state index contributed by atoms with van der Waals surface area (Å²) in [6.45, 7) is 0. The van der Waals surface area contributed by atoms with E-state index in [2.05, 4.69) is 10.2 Å². The summed E-state index contributed by atoms with van der Waals surface area (Å²) in [7, 11) is 1.64. The molecule has 1 aliphatic heterocycles. The van der Waals surface area contributed by atoms with Crippen LogP contribution in [0.2, 0.25) is 0 Å². The standard InChI is InChI=1S/C12H11N3O2/c1-17-10-3-2-8-4-5-15-11(7-9(8)6-10)13-14-12(15)16/h2-6H,7H2,1H3,(H,14,16). The molecule has 0 unspecified atom stereocenters. The monoisotopic (exact) mass is 229 g/mol. The number of aromatic amines is 1. The first kappa shape index (κ1) is 9.89. The number of aromatic nitrogens is 3. The van der Waals surface area contributed by atoms with E-state index in [4.69, 9.17) is 4.74 Å². The third-order valence-electron chi connectivity index (χ3n) is 2.88. The molecule has 0 saturated heterocycles. The molecule has 0 aliphatic carbocycles. The second kappa shape index (κ2) is 3.62. The van der Waals surface area contributed by atoms with Crippen molar-refractivity contribution in [2.45, 2.75) is 6.42 Å².